The van der Waals surface area contributed by atoms with Gasteiger partial charge < -0.3 is 0 Å². The van der Waals surface area contributed by atoms with Crippen molar-refractivity contribution in [1.29, 1.82) is 0 Å². The van der Waals surface area contributed by atoms with Gasteiger partial charge in [0.2, 0.25) is 0 Å². The van der Waals surface area contributed by atoms with E-state index in [1.165, 1.54) is 10.8 Å². The van der Waals surface area contributed by atoms with Gasteiger partial charge in [0.05, 0.1) is 0 Å². The first-order valence-corrected chi connectivity index (χ1v) is 3.67. The number of hydrogen-bond donors (Lipinski definition) is 1. The fourth-order valence-corrected chi connectivity index (χ4v) is 0.581. The van der Waals surface area contributed by atoms with Crippen molar-refractivity contribution in [2.75, 3.05) is 0 Å². The van der Waals surface area contributed by atoms with Crippen molar-refractivity contribution in [1.82, 2.24) is 0 Å². The van der Waals surface area contributed by atoms with E-state index in [0.29, 0.717) is 0 Å². The van der Waals surface area contributed by atoms with Gasteiger partial charge in [-0.3, -0.25) is 0 Å². The summed E-state index contributed by atoms with van der Waals surface area (Å²) in [5.41, 5.74) is 0. The summed E-state index contributed by atoms with van der Waals surface area (Å²) < 4.78 is 0. The topological polar surface area (TPSA) is 0 Å². The third kappa shape index (κ3) is 2.67. The van der Waals surface area contributed by atoms with Gasteiger partial charge in [0.1, 0.15) is 0 Å². The van der Waals surface area contributed by atoms with E-state index in [1.54, 1.807) is 0 Å². The molecule has 0 aromatic heterocycles. The van der Waals surface area contributed by atoms with Crippen molar-refractivity contribution < 1.29 is 0 Å². The number of rotatable bonds is 2. The summed E-state index contributed by atoms with van der Waals surface area (Å²) in [6, 6.07) is 0. The van der Waals surface area contributed by atoms with E-state index in [2.05, 4.69) is 25.2 Å². The zero-order chi connectivity index (χ0) is 4.99. The van der Waals surface area contributed by atoms with Crippen LogP contribution in [-0.2, 0) is 0 Å². The summed E-state index contributed by atoms with van der Waals surface area (Å²) >= 11 is 3.91. The first-order chi connectivity index (χ1) is 2.81. The maximum Gasteiger partial charge on any atom is -0.0119 e. The fraction of sp³-hybridized carbons (Fsp3) is 0.500. The highest BCUT2D eigenvalue weighted by Crippen LogP contribution is 2.18. The molecule has 0 bridgehead atoms. The van der Waals surface area contributed by atoms with Gasteiger partial charge in [0.15, 0.2) is 0 Å². The first-order valence-electron chi connectivity index (χ1n) is 1.80. The number of hydrogen-bond acceptors (Lipinski definition) is 2. The molecule has 0 nitrogen and oxygen atoms in total. The van der Waals surface area contributed by atoms with Crippen LogP contribution in [0.5, 0.6) is 0 Å². The molecule has 2 heteroatoms. The molecule has 0 amide bonds. The Morgan fingerprint density at radius 2 is 2.50 bits per heavy atom. The Balaban J connectivity index is 2.99. The molecular weight excluding hydrogens is 112 g/mol. The zero-order valence-corrected chi connectivity index (χ0v) is 5.48. The minimum absolute atomic E-state index is 1.02. The molecule has 0 fully saturated rings. The summed E-state index contributed by atoms with van der Waals surface area (Å²) in [6.45, 7) is 5.74. The summed E-state index contributed by atoms with van der Waals surface area (Å²) in [6.07, 6.45) is 1.02. The monoisotopic (exact) mass is 120 g/mol. The highest BCUT2D eigenvalue weighted by molar-refractivity contribution is 8.70. The molecule has 0 atom stereocenters. The number of allylic oxidation sites excluding steroid dienone is 1. The van der Waals surface area contributed by atoms with Crippen LogP contribution in [0.2, 0.25) is 0 Å². The molecule has 0 unspecified atom stereocenters. The van der Waals surface area contributed by atoms with Crippen LogP contribution in [0, 0.1) is 0 Å². The minimum atomic E-state index is 1.02. The third-order valence-corrected chi connectivity index (χ3v) is 1.84. The van der Waals surface area contributed by atoms with E-state index < -0.39 is 0 Å². The van der Waals surface area contributed by atoms with E-state index in [-0.39, 0.29) is 0 Å². The maximum absolute atomic E-state index is 3.91. The van der Waals surface area contributed by atoms with Crippen LogP contribution in [0.1, 0.15) is 13.3 Å². The van der Waals surface area contributed by atoms with E-state index in [1.807, 2.05) is 0 Å². The predicted octanol–water partition coefficient (Wildman–Crippen LogP) is 2.49. The van der Waals surface area contributed by atoms with Gasteiger partial charge in [-0.25, -0.2) is 0 Å². The Kier molecular flexibility index (Phi) is 3.89. The maximum atomic E-state index is 3.91. The van der Waals surface area contributed by atoms with E-state index in [4.69, 9.17) is 0 Å². The minimum Gasteiger partial charge on any atom is -0.106 e. The Hall–Kier alpha value is 0.440. The summed E-state index contributed by atoms with van der Waals surface area (Å²) in [5, 5.41) is 0. The molecule has 0 saturated heterocycles. The SMILES string of the molecule is C=C(CC)SS. The smallest absolute Gasteiger partial charge is 0.0119 e. The van der Waals surface area contributed by atoms with Crippen molar-refractivity contribution in [3.8, 4) is 0 Å². The van der Waals surface area contributed by atoms with Gasteiger partial charge >= 0.3 is 0 Å². The van der Waals surface area contributed by atoms with Gasteiger partial charge in [-0.05, 0) is 11.3 Å². The van der Waals surface area contributed by atoms with Crippen LogP contribution >= 0.6 is 22.5 Å². The van der Waals surface area contributed by atoms with E-state index >= 15 is 0 Å². The van der Waals surface area contributed by atoms with Crippen molar-refractivity contribution >= 4 is 22.5 Å². The predicted molar refractivity (Wildman–Crippen MR) is 36.0 cm³/mol. The van der Waals surface area contributed by atoms with Gasteiger partial charge in [0, 0.05) is 0 Å². The summed E-state index contributed by atoms with van der Waals surface area (Å²) in [5.74, 6) is 0. The van der Waals surface area contributed by atoms with Crippen LogP contribution in [0.15, 0.2) is 11.5 Å². The lowest BCUT2D eigenvalue weighted by molar-refractivity contribution is 1.21. The molecule has 0 radical (unpaired) electrons. The molecule has 0 aromatic carbocycles. The van der Waals surface area contributed by atoms with Gasteiger partial charge in [0.25, 0.3) is 0 Å². The quantitative estimate of drug-likeness (QED) is 0.431. The lowest BCUT2D eigenvalue weighted by Crippen LogP contribution is -1.57. The van der Waals surface area contributed by atoms with Crippen molar-refractivity contribution in [2.24, 2.45) is 0 Å². The fourth-order valence-electron chi connectivity index (χ4n) is 0.0645. The van der Waals surface area contributed by atoms with Crippen molar-refractivity contribution in [3.63, 3.8) is 0 Å². The van der Waals surface area contributed by atoms with Crippen LogP contribution in [0.3, 0.4) is 0 Å². The standard InChI is InChI=1S/C4H8S2/c1-3-4(2)6-5/h5H,2-3H2,1H3. The summed E-state index contributed by atoms with van der Waals surface area (Å²) in [7, 11) is 1.42. The summed E-state index contributed by atoms with van der Waals surface area (Å²) in [4.78, 5) is 1.12. The molecule has 0 aliphatic rings. The molecule has 0 saturated carbocycles. The van der Waals surface area contributed by atoms with Crippen LogP contribution in [0.4, 0.5) is 0 Å². The first kappa shape index (κ1) is 6.44. The molecule has 0 aliphatic heterocycles. The third-order valence-electron chi connectivity index (χ3n) is 0.523. The normalized spacial score (nSPS) is 8.33. The van der Waals surface area contributed by atoms with Crippen LogP contribution < -0.4 is 0 Å². The van der Waals surface area contributed by atoms with Crippen molar-refractivity contribution in [2.45, 2.75) is 13.3 Å². The molecule has 0 spiro atoms. The van der Waals surface area contributed by atoms with Crippen LogP contribution in [0.25, 0.3) is 0 Å². The number of thiol groups is 1. The Morgan fingerprint density at radius 1 is 2.00 bits per heavy atom. The second kappa shape index (κ2) is 3.62. The zero-order valence-electron chi connectivity index (χ0n) is 3.77. The highest BCUT2D eigenvalue weighted by atomic mass is 33.1. The van der Waals surface area contributed by atoms with Crippen molar-refractivity contribution in [3.05, 3.63) is 11.5 Å². The molecule has 0 N–H and O–H groups in total. The Morgan fingerprint density at radius 3 is 2.50 bits per heavy atom. The Bertz CT molecular complexity index is 43.5. The van der Waals surface area contributed by atoms with Gasteiger partial charge in [-0.15, -0.1) is 11.7 Å². The van der Waals surface area contributed by atoms with E-state index in [9.17, 15) is 0 Å². The molecule has 36 valence electrons. The average molecular weight is 120 g/mol. The highest BCUT2D eigenvalue weighted by Gasteiger charge is 1.79. The second-order valence-corrected chi connectivity index (χ2v) is 2.29. The molecule has 6 heavy (non-hydrogen) atoms. The largest absolute Gasteiger partial charge is 0.106 e. The lowest BCUT2D eigenvalue weighted by atomic mass is 10.5. The molecule has 0 heterocycles. The second-order valence-electron chi connectivity index (χ2n) is 0.984. The molecule has 0 aliphatic carbocycles. The molecule has 0 rings (SSSR count). The molecule has 0 aromatic rings. The van der Waals surface area contributed by atoms with Gasteiger partial charge in [-0.1, -0.05) is 24.3 Å². The van der Waals surface area contributed by atoms with E-state index in [0.717, 1.165) is 11.3 Å². The lowest BCUT2D eigenvalue weighted by Gasteiger charge is -1.87. The molecular formula is C4H8S2. The Labute approximate surface area is 47.8 Å². The average Bonchev–Trinajstić information content (AvgIpc) is 1.65. The van der Waals surface area contributed by atoms with Gasteiger partial charge in [-0.2, -0.15) is 0 Å². The van der Waals surface area contributed by atoms with Crippen LogP contribution in [-0.4, -0.2) is 0 Å².